The zero-order chi connectivity index (χ0) is 13.1. The highest BCUT2D eigenvalue weighted by atomic mass is 35.5. The molecule has 0 bridgehead atoms. The minimum Gasteiger partial charge on any atom is -0.469 e. The standard InChI is InChI=1S/C13H13ClN2O2/c1-9-7-15-16(2)13(9)18-8-12(17)10-3-5-11(14)6-4-10/h3-7H,8H2,1-2H3. The van der Waals surface area contributed by atoms with Crippen molar-refractivity contribution in [2.75, 3.05) is 6.61 Å². The second kappa shape index (κ2) is 5.23. The van der Waals surface area contributed by atoms with E-state index in [0.29, 0.717) is 16.5 Å². The van der Waals surface area contributed by atoms with Crippen molar-refractivity contribution in [1.82, 2.24) is 9.78 Å². The Bertz CT molecular complexity index is 541. The fraction of sp³-hybridized carbons (Fsp3) is 0.231. The molecule has 0 unspecified atom stereocenters. The summed E-state index contributed by atoms with van der Waals surface area (Å²) in [6.07, 6.45) is 1.70. The number of carbonyl (C=O) groups is 1. The second-order valence-corrected chi connectivity index (χ2v) is 4.41. The SMILES string of the molecule is Cc1cnn(C)c1OCC(=O)c1ccc(Cl)cc1. The minimum atomic E-state index is -0.0905. The van der Waals surface area contributed by atoms with Crippen LogP contribution in [0, 0.1) is 6.92 Å². The number of nitrogens with zero attached hydrogens (tertiary/aromatic N) is 2. The van der Waals surface area contributed by atoms with Crippen molar-refractivity contribution in [1.29, 1.82) is 0 Å². The zero-order valence-electron chi connectivity index (χ0n) is 10.2. The van der Waals surface area contributed by atoms with E-state index < -0.39 is 0 Å². The van der Waals surface area contributed by atoms with E-state index in [1.165, 1.54) is 0 Å². The van der Waals surface area contributed by atoms with Crippen molar-refractivity contribution in [3.8, 4) is 5.88 Å². The molecule has 5 heteroatoms. The van der Waals surface area contributed by atoms with E-state index in [4.69, 9.17) is 16.3 Å². The van der Waals surface area contributed by atoms with Crippen LogP contribution in [-0.2, 0) is 7.05 Å². The molecule has 0 aliphatic carbocycles. The molecular formula is C13H13ClN2O2. The number of hydrogen-bond acceptors (Lipinski definition) is 3. The first-order valence-electron chi connectivity index (χ1n) is 5.48. The van der Waals surface area contributed by atoms with Crippen molar-refractivity contribution >= 4 is 17.4 Å². The molecule has 18 heavy (non-hydrogen) atoms. The van der Waals surface area contributed by atoms with E-state index in [9.17, 15) is 4.79 Å². The van der Waals surface area contributed by atoms with Crippen molar-refractivity contribution < 1.29 is 9.53 Å². The summed E-state index contributed by atoms with van der Waals surface area (Å²) in [6.45, 7) is 1.87. The van der Waals surface area contributed by atoms with Crippen molar-refractivity contribution in [2.45, 2.75) is 6.92 Å². The predicted molar refractivity (Wildman–Crippen MR) is 69.2 cm³/mol. The van der Waals surface area contributed by atoms with Gasteiger partial charge in [0.2, 0.25) is 5.88 Å². The molecule has 2 rings (SSSR count). The number of aromatic nitrogens is 2. The van der Waals surface area contributed by atoms with Crippen LogP contribution in [0.5, 0.6) is 5.88 Å². The van der Waals surface area contributed by atoms with Gasteiger partial charge in [-0.1, -0.05) is 11.6 Å². The number of halogens is 1. The van der Waals surface area contributed by atoms with Crippen LogP contribution in [0.2, 0.25) is 5.02 Å². The molecule has 0 fully saturated rings. The monoisotopic (exact) mass is 264 g/mol. The third kappa shape index (κ3) is 2.71. The van der Waals surface area contributed by atoms with E-state index >= 15 is 0 Å². The van der Waals surface area contributed by atoms with Crippen LogP contribution in [0.4, 0.5) is 0 Å². The molecule has 0 atom stereocenters. The Morgan fingerprint density at radius 2 is 2.06 bits per heavy atom. The second-order valence-electron chi connectivity index (χ2n) is 3.98. The first kappa shape index (κ1) is 12.6. The molecule has 94 valence electrons. The summed E-state index contributed by atoms with van der Waals surface area (Å²) in [5, 5.41) is 4.65. The first-order chi connectivity index (χ1) is 8.58. The fourth-order valence-corrected chi connectivity index (χ4v) is 1.72. The summed E-state index contributed by atoms with van der Waals surface area (Å²) >= 11 is 5.76. The lowest BCUT2D eigenvalue weighted by atomic mass is 10.1. The minimum absolute atomic E-state index is 0.0119. The van der Waals surface area contributed by atoms with Gasteiger partial charge in [0.1, 0.15) is 0 Å². The number of hydrogen-bond donors (Lipinski definition) is 0. The maximum absolute atomic E-state index is 11.9. The first-order valence-corrected chi connectivity index (χ1v) is 5.86. The van der Waals surface area contributed by atoms with Crippen LogP contribution >= 0.6 is 11.6 Å². The molecule has 1 aromatic heterocycles. The molecule has 0 aliphatic heterocycles. The summed E-state index contributed by atoms with van der Waals surface area (Å²) in [5.41, 5.74) is 1.49. The molecule has 0 spiro atoms. The van der Waals surface area contributed by atoms with Gasteiger partial charge in [0.15, 0.2) is 12.4 Å². The molecule has 1 aromatic carbocycles. The zero-order valence-corrected chi connectivity index (χ0v) is 10.9. The van der Waals surface area contributed by atoms with E-state index in [-0.39, 0.29) is 12.4 Å². The van der Waals surface area contributed by atoms with E-state index in [2.05, 4.69) is 5.10 Å². The fourth-order valence-electron chi connectivity index (χ4n) is 1.60. The summed E-state index contributed by atoms with van der Waals surface area (Å²) in [4.78, 5) is 11.9. The van der Waals surface area contributed by atoms with E-state index in [1.807, 2.05) is 6.92 Å². The number of ketones is 1. The van der Waals surface area contributed by atoms with Gasteiger partial charge in [-0.05, 0) is 31.2 Å². The van der Waals surface area contributed by atoms with Crippen LogP contribution in [0.1, 0.15) is 15.9 Å². The summed E-state index contributed by atoms with van der Waals surface area (Å²) in [7, 11) is 1.77. The van der Waals surface area contributed by atoms with Gasteiger partial charge < -0.3 is 4.74 Å². The van der Waals surface area contributed by atoms with Gasteiger partial charge in [-0.15, -0.1) is 0 Å². The lowest BCUT2D eigenvalue weighted by Gasteiger charge is -2.06. The van der Waals surface area contributed by atoms with Gasteiger partial charge >= 0.3 is 0 Å². The Morgan fingerprint density at radius 1 is 1.39 bits per heavy atom. The highest BCUT2D eigenvalue weighted by Gasteiger charge is 2.10. The Kier molecular flexibility index (Phi) is 3.67. The van der Waals surface area contributed by atoms with Gasteiger partial charge in [-0.3, -0.25) is 4.79 Å². The van der Waals surface area contributed by atoms with Gasteiger partial charge in [0, 0.05) is 23.2 Å². The Labute approximate surface area is 110 Å². The molecule has 4 nitrogen and oxygen atoms in total. The largest absolute Gasteiger partial charge is 0.469 e. The number of carbonyl (C=O) groups excluding carboxylic acids is 1. The molecule has 2 aromatic rings. The smallest absolute Gasteiger partial charge is 0.214 e. The third-order valence-corrected chi connectivity index (χ3v) is 2.81. The average molecular weight is 265 g/mol. The van der Waals surface area contributed by atoms with Gasteiger partial charge in [0.25, 0.3) is 0 Å². The molecule has 0 aliphatic rings. The number of ether oxygens (including phenoxy) is 1. The van der Waals surface area contributed by atoms with Crippen molar-refractivity contribution in [3.05, 3.63) is 46.6 Å². The van der Waals surface area contributed by atoms with Crippen LogP contribution in [0.3, 0.4) is 0 Å². The maximum Gasteiger partial charge on any atom is 0.214 e. The van der Waals surface area contributed by atoms with Gasteiger partial charge in [0.05, 0.1) is 6.20 Å². The predicted octanol–water partition coefficient (Wildman–Crippen LogP) is 2.64. The number of benzene rings is 1. The molecule has 1 heterocycles. The summed E-state index contributed by atoms with van der Waals surface area (Å²) in [6, 6.07) is 6.74. The highest BCUT2D eigenvalue weighted by Crippen LogP contribution is 2.16. The molecule has 0 N–H and O–H groups in total. The maximum atomic E-state index is 11.9. The van der Waals surface area contributed by atoms with Crippen LogP contribution < -0.4 is 4.74 Å². The lowest BCUT2D eigenvalue weighted by molar-refractivity contribution is 0.0914. The molecule has 0 radical (unpaired) electrons. The number of aryl methyl sites for hydroxylation is 2. The van der Waals surface area contributed by atoms with Crippen molar-refractivity contribution in [2.24, 2.45) is 7.05 Å². The molecule has 0 amide bonds. The Morgan fingerprint density at radius 3 is 2.61 bits per heavy atom. The van der Waals surface area contributed by atoms with Gasteiger partial charge in [-0.25, -0.2) is 4.68 Å². The van der Waals surface area contributed by atoms with Crippen molar-refractivity contribution in [3.63, 3.8) is 0 Å². The lowest BCUT2D eigenvalue weighted by Crippen LogP contribution is -2.13. The third-order valence-electron chi connectivity index (χ3n) is 2.56. The molecular weight excluding hydrogens is 252 g/mol. The van der Waals surface area contributed by atoms with E-state index in [0.717, 1.165) is 5.56 Å². The summed E-state index contributed by atoms with van der Waals surface area (Å²) in [5.74, 6) is 0.518. The van der Waals surface area contributed by atoms with Gasteiger partial charge in [-0.2, -0.15) is 5.10 Å². The highest BCUT2D eigenvalue weighted by molar-refractivity contribution is 6.30. The Hall–Kier alpha value is -1.81. The Balaban J connectivity index is 2.03. The number of Topliss-reactive ketones (excluding diaryl/α,β-unsaturated/α-hetero) is 1. The topological polar surface area (TPSA) is 44.1 Å². The summed E-state index contributed by atoms with van der Waals surface area (Å²) < 4.78 is 7.07. The van der Waals surface area contributed by atoms with E-state index in [1.54, 1.807) is 42.2 Å². The van der Waals surface area contributed by atoms with Crippen LogP contribution in [0.25, 0.3) is 0 Å². The molecule has 0 saturated carbocycles. The average Bonchev–Trinajstić information content (AvgIpc) is 2.67. The number of rotatable bonds is 4. The van der Waals surface area contributed by atoms with Crippen LogP contribution in [-0.4, -0.2) is 22.2 Å². The normalized spacial score (nSPS) is 10.4. The van der Waals surface area contributed by atoms with Crippen LogP contribution in [0.15, 0.2) is 30.5 Å². The molecule has 0 saturated heterocycles. The quantitative estimate of drug-likeness (QED) is 0.798.